The van der Waals surface area contributed by atoms with Gasteiger partial charge in [0.2, 0.25) is 6.41 Å². The molecule has 0 aromatic rings. The van der Waals surface area contributed by atoms with Crippen molar-refractivity contribution in [3.63, 3.8) is 0 Å². The topological polar surface area (TPSA) is 83.8 Å². The van der Waals surface area contributed by atoms with Crippen LogP contribution in [0.2, 0.25) is 0 Å². The molecular weight excluding hydrogens is 190 g/mol. The number of hydrogen-bond acceptors (Lipinski definition) is 4. The first-order valence-electron chi connectivity index (χ1n) is 4.22. The van der Waals surface area contributed by atoms with E-state index in [4.69, 9.17) is 0 Å². The van der Waals surface area contributed by atoms with Crippen molar-refractivity contribution in [3.05, 3.63) is 10.1 Å². The van der Waals surface area contributed by atoms with Crippen LogP contribution in [0.3, 0.4) is 0 Å². The van der Waals surface area contributed by atoms with Gasteiger partial charge in [0.05, 0.1) is 0 Å². The molecule has 0 N–H and O–H groups in total. The predicted octanol–water partition coefficient (Wildman–Crippen LogP) is -1.44. The van der Waals surface area contributed by atoms with Crippen molar-refractivity contribution in [1.82, 2.24) is 9.80 Å². The Morgan fingerprint density at radius 2 is 1.93 bits per heavy atom. The zero-order valence-corrected chi connectivity index (χ0v) is 7.59. The molecule has 78 valence electrons. The SMILES string of the molecule is O=CN1CCN(C(=O)C[N+](=O)[O-])CC1. The Morgan fingerprint density at radius 1 is 1.36 bits per heavy atom. The number of rotatable bonds is 3. The van der Waals surface area contributed by atoms with Gasteiger partial charge < -0.3 is 9.80 Å². The Hall–Kier alpha value is -1.66. The third kappa shape index (κ3) is 2.68. The lowest BCUT2D eigenvalue weighted by molar-refractivity contribution is -0.468. The maximum atomic E-state index is 11.2. The van der Waals surface area contributed by atoms with Crippen LogP contribution in [-0.4, -0.2) is 59.8 Å². The maximum Gasteiger partial charge on any atom is 0.294 e. The molecule has 1 heterocycles. The minimum absolute atomic E-state index is 0.380. The zero-order valence-electron chi connectivity index (χ0n) is 7.59. The Kier molecular flexibility index (Phi) is 3.38. The summed E-state index contributed by atoms with van der Waals surface area (Å²) in [5, 5.41) is 10.1. The van der Waals surface area contributed by atoms with E-state index in [-0.39, 0.29) is 0 Å². The molecule has 1 aliphatic heterocycles. The van der Waals surface area contributed by atoms with Crippen LogP contribution in [0.25, 0.3) is 0 Å². The van der Waals surface area contributed by atoms with E-state index in [1.165, 1.54) is 9.80 Å². The van der Waals surface area contributed by atoms with Gasteiger partial charge >= 0.3 is 0 Å². The highest BCUT2D eigenvalue weighted by Gasteiger charge is 2.22. The van der Waals surface area contributed by atoms with Gasteiger partial charge in [-0.25, -0.2) is 0 Å². The highest BCUT2D eigenvalue weighted by molar-refractivity contribution is 5.77. The van der Waals surface area contributed by atoms with E-state index in [2.05, 4.69) is 0 Å². The molecule has 7 nitrogen and oxygen atoms in total. The van der Waals surface area contributed by atoms with Crippen LogP contribution in [0.15, 0.2) is 0 Å². The van der Waals surface area contributed by atoms with Gasteiger partial charge in [-0.1, -0.05) is 0 Å². The molecule has 0 aromatic heterocycles. The van der Waals surface area contributed by atoms with Gasteiger partial charge in [0.25, 0.3) is 12.5 Å². The molecule has 0 saturated carbocycles. The molecule has 0 atom stereocenters. The molecule has 0 radical (unpaired) electrons. The maximum absolute atomic E-state index is 11.2. The van der Waals surface area contributed by atoms with Crippen molar-refractivity contribution >= 4 is 12.3 Å². The molecule has 0 spiro atoms. The lowest BCUT2D eigenvalue weighted by atomic mass is 10.3. The lowest BCUT2D eigenvalue weighted by Gasteiger charge is -2.31. The highest BCUT2D eigenvalue weighted by Crippen LogP contribution is 1.99. The van der Waals surface area contributed by atoms with Crippen molar-refractivity contribution in [2.45, 2.75) is 0 Å². The van der Waals surface area contributed by atoms with Crippen LogP contribution in [-0.2, 0) is 9.59 Å². The second-order valence-electron chi connectivity index (χ2n) is 3.01. The van der Waals surface area contributed by atoms with Gasteiger partial charge in [-0.2, -0.15) is 0 Å². The Balaban J connectivity index is 2.37. The minimum Gasteiger partial charge on any atom is -0.342 e. The first-order valence-corrected chi connectivity index (χ1v) is 4.22. The molecule has 0 aliphatic carbocycles. The van der Waals surface area contributed by atoms with Gasteiger partial charge in [0.15, 0.2) is 0 Å². The fraction of sp³-hybridized carbons (Fsp3) is 0.714. The van der Waals surface area contributed by atoms with Gasteiger partial charge in [0.1, 0.15) is 0 Å². The number of nitro groups is 1. The van der Waals surface area contributed by atoms with Crippen molar-refractivity contribution in [3.8, 4) is 0 Å². The van der Waals surface area contributed by atoms with Crippen LogP contribution < -0.4 is 0 Å². The standard InChI is InChI=1S/C7H11N3O4/c11-6-8-1-3-9(4-2-8)7(12)5-10(13)14/h6H,1-5H2. The van der Waals surface area contributed by atoms with E-state index in [0.29, 0.717) is 26.2 Å². The molecule has 1 rings (SSSR count). The average Bonchev–Trinajstić information content (AvgIpc) is 2.17. The largest absolute Gasteiger partial charge is 0.342 e. The number of carbonyl (C=O) groups is 2. The Morgan fingerprint density at radius 3 is 2.36 bits per heavy atom. The first kappa shape index (κ1) is 10.4. The zero-order chi connectivity index (χ0) is 10.6. The summed E-state index contributed by atoms with van der Waals surface area (Å²) in [6.45, 7) is 0.998. The Bertz CT molecular complexity index is 247. The molecule has 2 amide bonds. The van der Waals surface area contributed by atoms with E-state index in [9.17, 15) is 19.7 Å². The number of carbonyl (C=O) groups excluding carboxylic acids is 2. The monoisotopic (exact) mass is 201 g/mol. The molecular formula is C7H11N3O4. The summed E-state index contributed by atoms with van der Waals surface area (Å²) in [6.07, 6.45) is 0.718. The summed E-state index contributed by atoms with van der Waals surface area (Å²) >= 11 is 0. The van der Waals surface area contributed by atoms with E-state index in [0.717, 1.165) is 6.41 Å². The van der Waals surface area contributed by atoms with E-state index < -0.39 is 17.4 Å². The molecule has 0 bridgehead atoms. The smallest absolute Gasteiger partial charge is 0.294 e. The number of hydrogen-bond donors (Lipinski definition) is 0. The second-order valence-corrected chi connectivity index (χ2v) is 3.01. The van der Waals surface area contributed by atoms with Crippen LogP contribution in [0.4, 0.5) is 0 Å². The fourth-order valence-electron chi connectivity index (χ4n) is 1.29. The van der Waals surface area contributed by atoms with E-state index >= 15 is 0 Å². The average molecular weight is 201 g/mol. The van der Waals surface area contributed by atoms with Crippen LogP contribution in [0.1, 0.15) is 0 Å². The van der Waals surface area contributed by atoms with Gasteiger partial charge in [-0.15, -0.1) is 0 Å². The number of amides is 2. The summed E-state index contributed by atoms with van der Waals surface area (Å²) in [5.74, 6) is -0.486. The quantitative estimate of drug-likeness (QED) is 0.318. The number of nitrogens with zero attached hydrogens (tertiary/aromatic N) is 3. The highest BCUT2D eigenvalue weighted by atomic mass is 16.6. The molecule has 1 aliphatic rings. The van der Waals surface area contributed by atoms with Gasteiger partial charge in [-0.3, -0.25) is 19.7 Å². The minimum atomic E-state index is -0.666. The lowest BCUT2D eigenvalue weighted by Crippen LogP contribution is -2.49. The third-order valence-electron chi connectivity index (χ3n) is 2.08. The summed E-state index contributed by atoms with van der Waals surface area (Å²) in [5.41, 5.74) is 0. The predicted molar refractivity (Wildman–Crippen MR) is 46.1 cm³/mol. The van der Waals surface area contributed by atoms with Crippen molar-refractivity contribution in [2.75, 3.05) is 32.7 Å². The van der Waals surface area contributed by atoms with Gasteiger partial charge in [-0.05, 0) is 0 Å². The van der Waals surface area contributed by atoms with Crippen molar-refractivity contribution < 1.29 is 14.5 Å². The summed E-state index contributed by atoms with van der Waals surface area (Å²) < 4.78 is 0. The molecule has 0 unspecified atom stereocenters. The normalized spacial score (nSPS) is 16.6. The number of piperazine rings is 1. The van der Waals surface area contributed by atoms with Crippen molar-refractivity contribution in [1.29, 1.82) is 0 Å². The van der Waals surface area contributed by atoms with Gasteiger partial charge in [0, 0.05) is 31.1 Å². The molecule has 0 aromatic carbocycles. The molecule has 7 heteroatoms. The summed E-state index contributed by atoms with van der Waals surface area (Å²) in [6, 6.07) is 0. The summed E-state index contributed by atoms with van der Waals surface area (Å²) in [7, 11) is 0. The summed E-state index contributed by atoms with van der Waals surface area (Å²) in [4.78, 5) is 33.9. The third-order valence-corrected chi connectivity index (χ3v) is 2.08. The van der Waals surface area contributed by atoms with E-state index in [1.54, 1.807) is 0 Å². The first-order chi connectivity index (χ1) is 6.63. The van der Waals surface area contributed by atoms with E-state index in [1.807, 2.05) is 0 Å². The molecule has 1 saturated heterocycles. The van der Waals surface area contributed by atoms with Crippen molar-refractivity contribution in [2.24, 2.45) is 0 Å². The fourth-order valence-corrected chi connectivity index (χ4v) is 1.29. The van der Waals surface area contributed by atoms with Crippen LogP contribution >= 0.6 is 0 Å². The van der Waals surface area contributed by atoms with Crippen LogP contribution in [0.5, 0.6) is 0 Å². The molecule has 1 fully saturated rings. The second kappa shape index (κ2) is 4.54. The van der Waals surface area contributed by atoms with Crippen LogP contribution in [0, 0.1) is 10.1 Å². The Labute approximate surface area is 80.4 Å². The molecule has 14 heavy (non-hydrogen) atoms.